The highest BCUT2D eigenvalue weighted by Crippen LogP contribution is 2.42. The molecule has 1 aromatic rings. The lowest BCUT2D eigenvalue weighted by molar-refractivity contribution is -0.146. The number of carbonyl (C=O) groups excluding carboxylic acids is 1. The molecule has 0 aliphatic heterocycles. The minimum absolute atomic E-state index is 0.0156. The third kappa shape index (κ3) is 2.86. The predicted molar refractivity (Wildman–Crippen MR) is 73.2 cm³/mol. The Morgan fingerprint density at radius 1 is 1.50 bits per heavy atom. The highest BCUT2D eigenvalue weighted by atomic mass is 16.4. The van der Waals surface area contributed by atoms with Crippen LogP contribution in [-0.4, -0.2) is 17.0 Å². The molecule has 20 heavy (non-hydrogen) atoms. The first kappa shape index (κ1) is 14.6. The van der Waals surface area contributed by atoms with Crippen LogP contribution in [0.1, 0.15) is 50.3 Å². The molecule has 2 N–H and O–H groups in total. The van der Waals surface area contributed by atoms with Crippen LogP contribution in [0.3, 0.4) is 0 Å². The first-order valence-corrected chi connectivity index (χ1v) is 6.82. The van der Waals surface area contributed by atoms with Crippen LogP contribution >= 0.6 is 0 Å². The third-order valence-electron chi connectivity index (χ3n) is 3.82. The molecule has 1 aliphatic rings. The Kier molecular flexibility index (Phi) is 3.63. The van der Waals surface area contributed by atoms with Crippen LogP contribution in [-0.2, 0) is 16.0 Å². The van der Waals surface area contributed by atoms with Gasteiger partial charge in [0.15, 0.2) is 0 Å². The standard InChI is InChI=1S/C15H21NO4/c1-8-5-10-11(16-13(17)9(2)14(18)19)6-15(3,4)7-12(10)20-8/h5,9,11H,6-7H2,1-4H3,(H,16,17)(H,18,19). The van der Waals surface area contributed by atoms with Crippen molar-refractivity contribution in [1.82, 2.24) is 5.32 Å². The molecule has 0 saturated carbocycles. The average Bonchev–Trinajstić information content (AvgIpc) is 2.66. The van der Waals surface area contributed by atoms with Gasteiger partial charge in [-0.2, -0.15) is 0 Å². The van der Waals surface area contributed by atoms with E-state index in [4.69, 9.17) is 9.52 Å². The molecule has 1 heterocycles. The van der Waals surface area contributed by atoms with Crippen molar-refractivity contribution >= 4 is 11.9 Å². The van der Waals surface area contributed by atoms with E-state index < -0.39 is 17.8 Å². The van der Waals surface area contributed by atoms with Gasteiger partial charge in [-0.1, -0.05) is 13.8 Å². The molecule has 0 aromatic carbocycles. The van der Waals surface area contributed by atoms with Crippen molar-refractivity contribution in [2.75, 3.05) is 0 Å². The van der Waals surface area contributed by atoms with Gasteiger partial charge >= 0.3 is 5.97 Å². The van der Waals surface area contributed by atoms with E-state index in [0.717, 1.165) is 29.9 Å². The molecule has 5 heteroatoms. The maximum atomic E-state index is 12.0. The fraction of sp³-hybridized carbons (Fsp3) is 0.600. The van der Waals surface area contributed by atoms with Gasteiger partial charge in [0.25, 0.3) is 0 Å². The van der Waals surface area contributed by atoms with Crippen LogP contribution in [0.5, 0.6) is 0 Å². The molecule has 0 spiro atoms. The Morgan fingerprint density at radius 3 is 2.75 bits per heavy atom. The van der Waals surface area contributed by atoms with E-state index in [1.54, 1.807) is 0 Å². The SMILES string of the molecule is Cc1cc2c(o1)CC(C)(C)CC2NC(=O)C(C)C(=O)O. The van der Waals surface area contributed by atoms with E-state index >= 15 is 0 Å². The number of carboxylic acids is 1. The topological polar surface area (TPSA) is 79.5 Å². The monoisotopic (exact) mass is 279 g/mol. The number of carbonyl (C=O) groups is 2. The molecule has 2 unspecified atom stereocenters. The lowest BCUT2D eigenvalue weighted by Crippen LogP contribution is -2.40. The van der Waals surface area contributed by atoms with Crippen LogP contribution in [0.15, 0.2) is 10.5 Å². The number of hydrogen-bond donors (Lipinski definition) is 2. The fourth-order valence-corrected chi connectivity index (χ4v) is 2.72. The normalized spacial score (nSPS) is 21.9. The summed E-state index contributed by atoms with van der Waals surface area (Å²) in [5.74, 6) is -0.895. The summed E-state index contributed by atoms with van der Waals surface area (Å²) in [6.45, 7) is 7.51. The highest BCUT2D eigenvalue weighted by molar-refractivity contribution is 5.96. The number of fused-ring (bicyclic) bond motifs is 1. The summed E-state index contributed by atoms with van der Waals surface area (Å²) in [5, 5.41) is 11.7. The van der Waals surface area contributed by atoms with Gasteiger partial charge in [0.05, 0.1) is 6.04 Å². The molecule has 5 nitrogen and oxygen atoms in total. The quantitative estimate of drug-likeness (QED) is 0.833. The second-order valence-corrected chi connectivity index (χ2v) is 6.40. The van der Waals surface area contributed by atoms with Crippen molar-refractivity contribution < 1.29 is 19.1 Å². The smallest absolute Gasteiger partial charge is 0.315 e. The molecule has 1 aliphatic carbocycles. The number of nitrogens with one attached hydrogen (secondary N) is 1. The van der Waals surface area contributed by atoms with E-state index in [-0.39, 0.29) is 11.5 Å². The number of amides is 1. The van der Waals surface area contributed by atoms with Crippen molar-refractivity contribution in [2.45, 2.75) is 46.6 Å². The number of aliphatic carboxylic acids is 1. The summed E-state index contributed by atoms with van der Waals surface area (Å²) < 4.78 is 5.69. The van der Waals surface area contributed by atoms with E-state index in [1.165, 1.54) is 6.92 Å². The van der Waals surface area contributed by atoms with E-state index in [9.17, 15) is 9.59 Å². The van der Waals surface area contributed by atoms with Gasteiger partial charge in [-0.25, -0.2) is 0 Å². The molecule has 0 saturated heterocycles. The zero-order valence-electron chi connectivity index (χ0n) is 12.3. The van der Waals surface area contributed by atoms with Crippen LogP contribution in [0, 0.1) is 18.3 Å². The van der Waals surface area contributed by atoms with Gasteiger partial charge in [-0.3, -0.25) is 9.59 Å². The Hall–Kier alpha value is -1.78. The predicted octanol–water partition coefficient (Wildman–Crippen LogP) is 2.44. The minimum Gasteiger partial charge on any atom is -0.481 e. The van der Waals surface area contributed by atoms with Crippen molar-refractivity contribution in [1.29, 1.82) is 0 Å². The molecule has 0 bridgehead atoms. The van der Waals surface area contributed by atoms with Crippen molar-refractivity contribution in [3.8, 4) is 0 Å². The van der Waals surface area contributed by atoms with Crippen LogP contribution in [0.25, 0.3) is 0 Å². The number of aryl methyl sites for hydroxylation is 1. The van der Waals surface area contributed by atoms with E-state index in [0.29, 0.717) is 0 Å². The first-order valence-electron chi connectivity index (χ1n) is 6.82. The number of hydrogen-bond acceptors (Lipinski definition) is 3. The molecule has 2 rings (SSSR count). The average molecular weight is 279 g/mol. The Morgan fingerprint density at radius 2 is 2.15 bits per heavy atom. The lowest BCUT2D eigenvalue weighted by Gasteiger charge is -2.35. The second-order valence-electron chi connectivity index (χ2n) is 6.40. The van der Waals surface area contributed by atoms with Gasteiger partial charge in [0, 0.05) is 12.0 Å². The highest BCUT2D eigenvalue weighted by Gasteiger charge is 2.36. The van der Waals surface area contributed by atoms with Crippen LogP contribution < -0.4 is 5.32 Å². The molecule has 1 amide bonds. The van der Waals surface area contributed by atoms with Gasteiger partial charge in [0.1, 0.15) is 17.4 Å². The summed E-state index contributed by atoms with van der Waals surface area (Å²) >= 11 is 0. The van der Waals surface area contributed by atoms with E-state index in [1.807, 2.05) is 13.0 Å². The van der Waals surface area contributed by atoms with E-state index in [2.05, 4.69) is 19.2 Å². The van der Waals surface area contributed by atoms with Crippen molar-refractivity contribution in [2.24, 2.45) is 11.3 Å². The number of rotatable bonds is 3. The van der Waals surface area contributed by atoms with Gasteiger partial charge < -0.3 is 14.8 Å². The van der Waals surface area contributed by atoms with Gasteiger partial charge in [-0.05, 0) is 31.7 Å². The molecule has 0 fully saturated rings. The molecular formula is C15H21NO4. The van der Waals surface area contributed by atoms with Crippen LogP contribution in [0.4, 0.5) is 0 Å². The van der Waals surface area contributed by atoms with Gasteiger partial charge in [-0.15, -0.1) is 0 Å². The summed E-state index contributed by atoms with van der Waals surface area (Å²) in [7, 11) is 0. The summed E-state index contributed by atoms with van der Waals surface area (Å²) in [6, 6.07) is 1.75. The maximum absolute atomic E-state index is 12.0. The van der Waals surface area contributed by atoms with Crippen molar-refractivity contribution in [3.05, 3.63) is 23.2 Å². The summed E-state index contributed by atoms with van der Waals surface area (Å²) in [4.78, 5) is 22.8. The fourth-order valence-electron chi connectivity index (χ4n) is 2.72. The molecule has 1 aromatic heterocycles. The maximum Gasteiger partial charge on any atom is 0.315 e. The third-order valence-corrected chi connectivity index (χ3v) is 3.82. The minimum atomic E-state index is -1.11. The summed E-state index contributed by atoms with van der Waals surface area (Å²) in [6.07, 6.45) is 1.61. The molecule has 2 atom stereocenters. The van der Waals surface area contributed by atoms with Crippen LogP contribution in [0.2, 0.25) is 0 Å². The summed E-state index contributed by atoms with van der Waals surface area (Å²) in [5.41, 5.74) is 0.995. The van der Waals surface area contributed by atoms with Crippen molar-refractivity contribution in [3.63, 3.8) is 0 Å². The zero-order chi connectivity index (χ0) is 15.1. The number of carboxylic acid groups (broad SMARTS) is 1. The molecule has 110 valence electrons. The Labute approximate surface area is 118 Å². The molecule has 0 radical (unpaired) electrons. The largest absolute Gasteiger partial charge is 0.481 e. The van der Waals surface area contributed by atoms with Gasteiger partial charge in [0.2, 0.25) is 5.91 Å². The zero-order valence-corrected chi connectivity index (χ0v) is 12.3. The Balaban J connectivity index is 2.23. The first-order chi connectivity index (χ1) is 9.19. The lowest BCUT2D eigenvalue weighted by atomic mass is 9.74. The Bertz CT molecular complexity index is 544. The second kappa shape index (κ2) is 4.96. The molecular weight excluding hydrogens is 258 g/mol. The number of furan rings is 1.